The second-order valence-electron chi connectivity index (χ2n) is 9.45. The highest BCUT2D eigenvalue weighted by molar-refractivity contribution is 5.83. The number of ether oxygens (including phenoxy) is 2. The summed E-state index contributed by atoms with van der Waals surface area (Å²) in [4.78, 5) is 40.0. The van der Waals surface area contributed by atoms with E-state index in [1.807, 2.05) is 0 Å². The minimum absolute atomic E-state index is 0.0867. The number of aromatic nitrogens is 4. The number of anilines is 1. The molecule has 0 spiro atoms. The SMILES string of the molecule is CC1(C(=O)NC2CC2)COC(c2nc(-c3ccc(F)cc3)c(-c3ccnc(NCCC(=O)O)n3)[nH]2)OC1. The van der Waals surface area contributed by atoms with Crippen LogP contribution >= 0.6 is 0 Å². The number of amides is 1. The Balaban J connectivity index is 1.40. The third-order valence-corrected chi connectivity index (χ3v) is 6.16. The number of nitrogens with one attached hydrogen (secondary N) is 3. The Kier molecular flexibility index (Phi) is 6.85. The number of hydrogen-bond donors (Lipinski definition) is 4. The fourth-order valence-corrected chi connectivity index (χ4v) is 3.85. The van der Waals surface area contributed by atoms with Gasteiger partial charge in [0, 0.05) is 24.3 Å². The molecule has 0 radical (unpaired) electrons. The number of imidazole rings is 1. The van der Waals surface area contributed by atoms with Crippen LogP contribution in [0.1, 0.15) is 38.3 Å². The van der Waals surface area contributed by atoms with Crippen LogP contribution in [0.15, 0.2) is 36.5 Å². The molecule has 5 rings (SSSR count). The lowest BCUT2D eigenvalue weighted by Crippen LogP contribution is -2.49. The van der Waals surface area contributed by atoms with Crippen LogP contribution in [0.5, 0.6) is 0 Å². The zero-order valence-electron chi connectivity index (χ0n) is 20.2. The maximum absolute atomic E-state index is 13.6. The predicted octanol–water partition coefficient (Wildman–Crippen LogP) is 2.89. The van der Waals surface area contributed by atoms with E-state index in [-0.39, 0.29) is 49.9 Å². The van der Waals surface area contributed by atoms with Crippen LogP contribution in [0.3, 0.4) is 0 Å². The van der Waals surface area contributed by atoms with Crippen LogP contribution < -0.4 is 10.6 Å². The van der Waals surface area contributed by atoms with Gasteiger partial charge in [-0.25, -0.2) is 19.3 Å². The van der Waals surface area contributed by atoms with Gasteiger partial charge in [0.15, 0.2) is 5.82 Å². The molecule has 194 valence electrons. The van der Waals surface area contributed by atoms with E-state index >= 15 is 0 Å². The van der Waals surface area contributed by atoms with Crippen molar-refractivity contribution in [2.45, 2.75) is 38.5 Å². The minimum atomic E-state index is -0.936. The van der Waals surface area contributed by atoms with Crippen molar-refractivity contribution < 1.29 is 28.6 Å². The van der Waals surface area contributed by atoms with Gasteiger partial charge in [0.1, 0.15) is 5.82 Å². The normalized spacial score (nSPS) is 21.4. The van der Waals surface area contributed by atoms with E-state index in [0.29, 0.717) is 28.5 Å². The topological polar surface area (TPSA) is 151 Å². The highest BCUT2D eigenvalue weighted by Gasteiger charge is 2.42. The molecule has 11 nitrogen and oxygen atoms in total. The Morgan fingerprint density at radius 1 is 1.16 bits per heavy atom. The summed E-state index contributed by atoms with van der Waals surface area (Å²) < 4.78 is 25.4. The van der Waals surface area contributed by atoms with Gasteiger partial charge in [-0.15, -0.1) is 0 Å². The third-order valence-electron chi connectivity index (χ3n) is 6.16. The number of H-pyrrole nitrogens is 1. The molecular formula is C25H27FN6O5. The van der Waals surface area contributed by atoms with Crippen LogP contribution in [0.4, 0.5) is 10.3 Å². The Morgan fingerprint density at radius 3 is 2.57 bits per heavy atom. The van der Waals surface area contributed by atoms with Crippen LogP contribution in [-0.4, -0.2) is 62.7 Å². The summed E-state index contributed by atoms with van der Waals surface area (Å²) in [6, 6.07) is 7.80. The fraction of sp³-hybridized carbons (Fsp3) is 0.400. The molecule has 3 heterocycles. The molecule has 1 saturated heterocycles. The molecule has 1 aliphatic carbocycles. The van der Waals surface area contributed by atoms with Crippen LogP contribution in [-0.2, 0) is 19.1 Å². The number of aliphatic carboxylic acids is 1. The van der Waals surface area contributed by atoms with Crippen molar-refractivity contribution in [3.8, 4) is 22.6 Å². The molecule has 37 heavy (non-hydrogen) atoms. The summed E-state index contributed by atoms with van der Waals surface area (Å²) in [7, 11) is 0. The molecule has 2 aromatic heterocycles. The van der Waals surface area contributed by atoms with Gasteiger partial charge in [0.25, 0.3) is 0 Å². The number of carboxylic acid groups (broad SMARTS) is 1. The summed E-state index contributed by atoms with van der Waals surface area (Å²) in [6.45, 7) is 2.28. The lowest BCUT2D eigenvalue weighted by molar-refractivity contribution is -0.231. The fourth-order valence-electron chi connectivity index (χ4n) is 3.85. The Bertz CT molecular complexity index is 1280. The van der Waals surface area contributed by atoms with Gasteiger partial charge in [0.2, 0.25) is 18.1 Å². The van der Waals surface area contributed by atoms with Crippen molar-refractivity contribution in [1.82, 2.24) is 25.3 Å². The van der Waals surface area contributed by atoms with Crippen molar-refractivity contribution in [3.63, 3.8) is 0 Å². The van der Waals surface area contributed by atoms with E-state index < -0.39 is 17.7 Å². The van der Waals surface area contributed by atoms with Crippen molar-refractivity contribution in [2.24, 2.45) is 5.41 Å². The summed E-state index contributed by atoms with van der Waals surface area (Å²) in [6.07, 6.45) is 2.60. The van der Waals surface area contributed by atoms with Crippen LogP contribution in [0.25, 0.3) is 22.6 Å². The van der Waals surface area contributed by atoms with Crippen molar-refractivity contribution in [3.05, 3.63) is 48.2 Å². The monoisotopic (exact) mass is 510 g/mol. The van der Waals surface area contributed by atoms with E-state index in [1.165, 1.54) is 18.3 Å². The molecule has 1 amide bonds. The average Bonchev–Trinajstić information content (AvgIpc) is 3.59. The number of nitrogens with zero attached hydrogens (tertiary/aromatic N) is 3. The smallest absolute Gasteiger partial charge is 0.305 e. The molecule has 0 unspecified atom stereocenters. The quantitative estimate of drug-likeness (QED) is 0.340. The lowest BCUT2D eigenvalue weighted by Gasteiger charge is -2.35. The molecule has 12 heteroatoms. The largest absolute Gasteiger partial charge is 0.481 e. The molecule has 1 aliphatic heterocycles. The first-order valence-electron chi connectivity index (χ1n) is 12.0. The van der Waals surface area contributed by atoms with Gasteiger partial charge in [-0.05, 0) is 50.1 Å². The van der Waals surface area contributed by atoms with Crippen LogP contribution in [0, 0.1) is 11.2 Å². The predicted molar refractivity (Wildman–Crippen MR) is 130 cm³/mol. The van der Waals surface area contributed by atoms with Gasteiger partial charge in [-0.3, -0.25) is 9.59 Å². The lowest BCUT2D eigenvalue weighted by atomic mass is 9.91. The Labute approximate surface area is 211 Å². The molecule has 4 N–H and O–H groups in total. The first kappa shape index (κ1) is 24.8. The van der Waals surface area contributed by atoms with Crippen molar-refractivity contribution in [1.29, 1.82) is 0 Å². The second-order valence-corrected chi connectivity index (χ2v) is 9.45. The molecule has 1 aromatic carbocycles. The Hall–Kier alpha value is -3.90. The molecule has 1 saturated carbocycles. The number of benzene rings is 1. The second kappa shape index (κ2) is 10.2. The number of carboxylic acids is 1. The van der Waals surface area contributed by atoms with E-state index in [2.05, 4.69) is 30.6 Å². The number of carbonyl (C=O) groups is 2. The van der Waals surface area contributed by atoms with Gasteiger partial charge < -0.3 is 30.2 Å². The summed E-state index contributed by atoms with van der Waals surface area (Å²) >= 11 is 0. The molecule has 2 aliphatic rings. The van der Waals surface area contributed by atoms with Gasteiger partial charge in [-0.1, -0.05) is 0 Å². The van der Waals surface area contributed by atoms with Crippen molar-refractivity contribution >= 4 is 17.8 Å². The first-order valence-corrected chi connectivity index (χ1v) is 12.0. The van der Waals surface area contributed by atoms with Gasteiger partial charge in [0.05, 0.1) is 42.1 Å². The molecule has 0 atom stereocenters. The highest BCUT2D eigenvalue weighted by atomic mass is 19.1. The summed E-state index contributed by atoms with van der Waals surface area (Å²) in [5.74, 6) is -0.783. The minimum Gasteiger partial charge on any atom is -0.481 e. The van der Waals surface area contributed by atoms with E-state index in [4.69, 9.17) is 14.6 Å². The zero-order valence-corrected chi connectivity index (χ0v) is 20.2. The van der Waals surface area contributed by atoms with E-state index in [0.717, 1.165) is 12.8 Å². The molecular weight excluding hydrogens is 483 g/mol. The summed E-state index contributed by atoms with van der Waals surface area (Å²) in [5.41, 5.74) is 1.34. The zero-order chi connectivity index (χ0) is 26.0. The maximum Gasteiger partial charge on any atom is 0.305 e. The first-order chi connectivity index (χ1) is 17.8. The van der Waals surface area contributed by atoms with Gasteiger partial charge >= 0.3 is 5.97 Å². The third kappa shape index (κ3) is 5.75. The number of carbonyl (C=O) groups excluding carboxylic acids is 1. The number of aromatic amines is 1. The Morgan fingerprint density at radius 2 is 1.89 bits per heavy atom. The van der Waals surface area contributed by atoms with E-state index in [1.54, 1.807) is 25.1 Å². The van der Waals surface area contributed by atoms with Gasteiger partial charge in [-0.2, -0.15) is 0 Å². The van der Waals surface area contributed by atoms with Crippen LogP contribution in [0.2, 0.25) is 0 Å². The summed E-state index contributed by atoms with van der Waals surface area (Å²) in [5, 5.41) is 14.8. The number of hydrogen-bond acceptors (Lipinski definition) is 8. The van der Waals surface area contributed by atoms with Crippen molar-refractivity contribution in [2.75, 3.05) is 25.1 Å². The molecule has 0 bridgehead atoms. The standard InChI is InChI=1S/C25H27FN6O5/c1-25(23(35)29-16-6-7-16)12-36-22(37-13-25)21-31-19(14-2-4-15(26)5-3-14)20(32-21)17-8-10-27-24(30-17)28-11-9-18(33)34/h2-5,8,10,16,22H,6-7,9,11-13H2,1H3,(H,29,35)(H,31,32)(H,33,34)(H,27,28,30). The molecule has 2 fully saturated rings. The van der Waals surface area contributed by atoms with E-state index in [9.17, 15) is 14.0 Å². The number of halogens is 1. The maximum atomic E-state index is 13.6. The molecule has 3 aromatic rings. The number of rotatable bonds is 9. The average molecular weight is 511 g/mol. The highest BCUT2D eigenvalue weighted by Crippen LogP contribution is 2.36.